The molecule has 1 heterocycles. The number of rotatable bonds is 9. The van der Waals surface area contributed by atoms with Crippen LogP contribution in [-0.4, -0.2) is 29.6 Å². The molecular weight excluding hydrogens is 601 g/mol. The number of benzene rings is 4. The molecule has 1 aliphatic heterocycles. The van der Waals surface area contributed by atoms with E-state index in [-0.39, 0.29) is 0 Å². The minimum absolute atomic E-state index is 0.403. The van der Waals surface area contributed by atoms with Gasteiger partial charge in [0, 0.05) is 0 Å². The van der Waals surface area contributed by atoms with Crippen LogP contribution in [0.3, 0.4) is 0 Å². The molecule has 1 atom stereocenters. The van der Waals surface area contributed by atoms with Crippen molar-refractivity contribution >= 4 is 50.6 Å². The Morgan fingerprint density at radius 3 is 1.78 bits per heavy atom. The molecule has 0 N–H and O–H groups in total. The molecule has 1 aliphatic rings. The molecule has 0 aliphatic carbocycles. The fraction of sp³-hybridized carbons (Fsp3) is 0.219. The molecular formula is C32H37IN2P2. The summed E-state index contributed by atoms with van der Waals surface area (Å²) in [6.45, 7) is 6.86. The van der Waals surface area contributed by atoms with Gasteiger partial charge in [-0.3, -0.25) is 0 Å². The minimum atomic E-state index is -2.38. The molecule has 5 rings (SSSR count). The van der Waals surface area contributed by atoms with Gasteiger partial charge in [-0.2, -0.15) is 0 Å². The predicted molar refractivity (Wildman–Crippen MR) is 177 cm³/mol. The van der Waals surface area contributed by atoms with Gasteiger partial charge in [0.15, 0.2) is 0 Å². The third-order valence-corrected chi connectivity index (χ3v) is 24.9. The zero-order valence-corrected chi connectivity index (χ0v) is 25.9. The Labute approximate surface area is 236 Å². The monoisotopic (exact) mass is 638 g/mol. The standard InChI is InChI=1S/C32H37IN2P2/c1-3-4-25-35(36(2,29-21-13-7-14-22-29)30-23-15-8-16-24-30)37(33)31(27-17-9-5-10-18-27)26-34-32(37)28-19-11-6-12-20-28/h5-24,31,36-37H,3-4,25-26H2,1-2H3/t31-/m0/s1. The van der Waals surface area contributed by atoms with Gasteiger partial charge in [-0.25, -0.2) is 0 Å². The average molecular weight is 639 g/mol. The average Bonchev–Trinajstić information content (AvgIpc) is 3.32. The van der Waals surface area contributed by atoms with Gasteiger partial charge in [0.25, 0.3) is 0 Å². The molecule has 192 valence electrons. The van der Waals surface area contributed by atoms with E-state index in [9.17, 15) is 0 Å². The number of aliphatic imine (C=N–C) groups is 1. The van der Waals surface area contributed by atoms with Crippen molar-refractivity contribution in [2.75, 3.05) is 19.8 Å². The zero-order valence-electron chi connectivity index (χ0n) is 21.7. The van der Waals surface area contributed by atoms with Gasteiger partial charge in [0.1, 0.15) is 0 Å². The third-order valence-electron chi connectivity index (χ3n) is 7.81. The Balaban J connectivity index is 1.77. The normalized spacial score (nSPS) is 18.4. The van der Waals surface area contributed by atoms with Gasteiger partial charge in [-0.15, -0.1) is 0 Å². The van der Waals surface area contributed by atoms with Crippen LogP contribution in [0.25, 0.3) is 0 Å². The molecule has 4 aromatic carbocycles. The third kappa shape index (κ3) is 5.09. The van der Waals surface area contributed by atoms with Crippen LogP contribution in [0.15, 0.2) is 126 Å². The molecule has 0 unspecified atom stereocenters. The van der Waals surface area contributed by atoms with Gasteiger partial charge >= 0.3 is 238 Å². The number of hydrogen-bond donors (Lipinski definition) is 0. The maximum absolute atomic E-state index is 5.40. The van der Waals surface area contributed by atoms with Crippen LogP contribution < -0.4 is 10.6 Å². The topological polar surface area (TPSA) is 15.6 Å². The second-order valence-electron chi connectivity index (χ2n) is 10.0. The van der Waals surface area contributed by atoms with E-state index >= 15 is 0 Å². The second-order valence-corrected chi connectivity index (χ2v) is 22.3. The van der Waals surface area contributed by atoms with Gasteiger partial charge < -0.3 is 0 Å². The number of nitrogens with zero attached hydrogens (tertiary/aromatic N) is 2. The summed E-state index contributed by atoms with van der Waals surface area (Å²) in [5.74, 6) is 0. The Bertz CT molecular complexity index is 1280. The summed E-state index contributed by atoms with van der Waals surface area (Å²) in [7, 11) is -2.35. The van der Waals surface area contributed by atoms with E-state index in [0.29, 0.717) is 5.66 Å². The quantitative estimate of drug-likeness (QED) is 0.133. The van der Waals surface area contributed by atoms with Crippen molar-refractivity contribution in [3.05, 3.63) is 132 Å². The van der Waals surface area contributed by atoms with Gasteiger partial charge in [0.2, 0.25) is 0 Å². The molecule has 0 spiro atoms. The van der Waals surface area contributed by atoms with Crippen molar-refractivity contribution in [3.8, 4) is 0 Å². The molecule has 4 aromatic rings. The van der Waals surface area contributed by atoms with E-state index in [2.05, 4.69) is 161 Å². The number of hydrogen-bond acceptors (Lipinski definition) is 2. The first-order valence-corrected chi connectivity index (χ1v) is 20.9. The van der Waals surface area contributed by atoms with Crippen LogP contribution in [0.4, 0.5) is 0 Å². The van der Waals surface area contributed by atoms with Gasteiger partial charge in [-0.05, 0) is 0 Å². The van der Waals surface area contributed by atoms with E-state index < -0.39 is 12.5 Å². The summed E-state index contributed by atoms with van der Waals surface area (Å²) >= 11 is 2.95. The van der Waals surface area contributed by atoms with E-state index in [1.807, 2.05) is 0 Å². The number of halogens is 1. The van der Waals surface area contributed by atoms with Crippen LogP contribution >= 0.6 is 34.5 Å². The molecule has 0 aromatic heterocycles. The van der Waals surface area contributed by atoms with Gasteiger partial charge in [-0.1, -0.05) is 0 Å². The summed E-state index contributed by atoms with van der Waals surface area (Å²) < 4.78 is 3.05. The van der Waals surface area contributed by atoms with Crippen LogP contribution in [0.5, 0.6) is 0 Å². The summed E-state index contributed by atoms with van der Waals surface area (Å²) in [6.07, 6.45) is 2.36. The number of unbranched alkanes of at least 4 members (excludes halogenated alkanes) is 1. The first kappa shape index (κ1) is 26.7. The van der Waals surface area contributed by atoms with E-state index in [1.54, 1.807) is 0 Å². The fourth-order valence-corrected chi connectivity index (χ4v) is 24.7. The summed E-state index contributed by atoms with van der Waals surface area (Å²) in [5, 5.41) is 0.578. The second kappa shape index (κ2) is 11.9. The Hall–Kier alpha value is -1.90. The molecule has 5 heteroatoms. The van der Waals surface area contributed by atoms with Crippen LogP contribution in [0, 0.1) is 0 Å². The first-order valence-electron chi connectivity index (χ1n) is 13.3. The van der Waals surface area contributed by atoms with Crippen molar-refractivity contribution in [1.82, 2.24) is 4.44 Å². The van der Waals surface area contributed by atoms with Crippen molar-refractivity contribution in [3.63, 3.8) is 0 Å². The Morgan fingerprint density at radius 1 is 0.784 bits per heavy atom. The summed E-state index contributed by atoms with van der Waals surface area (Å²) in [5.41, 5.74) is 4.48. The van der Waals surface area contributed by atoms with Crippen molar-refractivity contribution in [2.45, 2.75) is 25.4 Å². The molecule has 0 amide bonds. The summed E-state index contributed by atoms with van der Waals surface area (Å²) in [4.78, 5) is 5.40. The van der Waals surface area contributed by atoms with Crippen molar-refractivity contribution in [1.29, 1.82) is 0 Å². The first-order chi connectivity index (χ1) is 18.1. The Kier molecular flexibility index (Phi) is 8.57. The van der Waals surface area contributed by atoms with Crippen LogP contribution in [0.2, 0.25) is 0 Å². The van der Waals surface area contributed by atoms with Crippen LogP contribution in [-0.2, 0) is 0 Å². The SMILES string of the molecule is CCCCN([PH](C)(c1ccccc1)c1ccccc1)[PH]1(I)C(c2ccccc2)=NC[C@H]1c1ccccc1. The fourth-order valence-electron chi connectivity index (χ4n) is 5.83. The molecule has 0 radical (unpaired) electrons. The van der Waals surface area contributed by atoms with Gasteiger partial charge in [0.05, 0.1) is 0 Å². The maximum atomic E-state index is 5.40. The summed E-state index contributed by atoms with van der Waals surface area (Å²) in [6, 6.07) is 44.9. The van der Waals surface area contributed by atoms with E-state index in [0.717, 1.165) is 13.1 Å². The van der Waals surface area contributed by atoms with Crippen LogP contribution in [0.1, 0.15) is 36.6 Å². The van der Waals surface area contributed by atoms with Crippen molar-refractivity contribution in [2.24, 2.45) is 4.99 Å². The van der Waals surface area contributed by atoms with Crippen molar-refractivity contribution < 1.29 is 0 Å². The molecule has 0 fully saturated rings. The molecule has 0 saturated heterocycles. The zero-order chi connectivity index (χ0) is 25.7. The predicted octanol–water partition coefficient (Wildman–Crippen LogP) is 8.25. The molecule has 0 bridgehead atoms. The molecule has 2 nitrogen and oxygen atoms in total. The van der Waals surface area contributed by atoms with E-state index in [1.165, 1.54) is 40.0 Å². The van der Waals surface area contributed by atoms with E-state index in [4.69, 9.17) is 4.99 Å². The molecule has 0 saturated carbocycles. The molecule has 37 heavy (non-hydrogen) atoms. The Morgan fingerprint density at radius 2 is 1.27 bits per heavy atom.